The lowest BCUT2D eigenvalue weighted by Crippen LogP contribution is -2.51. The van der Waals surface area contributed by atoms with E-state index in [2.05, 4.69) is 12.2 Å². The summed E-state index contributed by atoms with van der Waals surface area (Å²) in [6.07, 6.45) is 4.50. The largest absolute Gasteiger partial charge is 0.325 e. The molecule has 18 heavy (non-hydrogen) atoms. The molecule has 106 valence electrons. The molecule has 5 heteroatoms. The maximum atomic E-state index is 12.3. The van der Waals surface area contributed by atoms with Crippen LogP contribution < -0.4 is 5.32 Å². The van der Waals surface area contributed by atoms with E-state index < -0.39 is 0 Å². The monoisotopic (exact) mass is 275 g/mol. The van der Waals surface area contributed by atoms with Crippen LogP contribution in [0.25, 0.3) is 0 Å². The summed E-state index contributed by atoms with van der Waals surface area (Å²) < 4.78 is 0. The second kappa shape index (κ2) is 7.19. The number of nitrogens with zero attached hydrogens (tertiary/aromatic N) is 2. The number of carbonyl (C=O) groups is 1. The van der Waals surface area contributed by atoms with E-state index in [1.54, 1.807) is 0 Å². The molecule has 0 aromatic heterocycles. The number of hydrogen-bond acceptors (Lipinski definition) is 2. The van der Waals surface area contributed by atoms with Crippen molar-refractivity contribution in [3.63, 3.8) is 0 Å². The van der Waals surface area contributed by atoms with E-state index in [1.807, 2.05) is 16.8 Å². The highest BCUT2D eigenvalue weighted by molar-refractivity contribution is 5.85. The molecule has 2 heterocycles. The molecule has 0 aromatic rings. The quantitative estimate of drug-likeness (QED) is 0.794. The standard InChI is InChI=1S/C13H25N3O.ClH/c1-11-5-9-16(10-6-11)13(17)15(2)12-3-7-14-8-4-12;/h11-12,14H,3-10H2,1-2H3;1H. The average molecular weight is 276 g/mol. The van der Waals surface area contributed by atoms with Crippen LogP contribution in [-0.4, -0.2) is 55.1 Å². The molecule has 2 amide bonds. The van der Waals surface area contributed by atoms with Crippen LogP contribution in [0.15, 0.2) is 0 Å². The topological polar surface area (TPSA) is 35.6 Å². The molecule has 0 spiro atoms. The number of halogens is 1. The van der Waals surface area contributed by atoms with Gasteiger partial charge >= 0.3 is 6.03 Å². The van der Waals surface area contributed by atoms with Gasteiger partial charge in [0.1, 0.15) is 0 Å². The van der Waals surface area contributed by atoms with Crippen molar-refractivity contribution in [3.8, 4) is 0 Å². The Kier molecular flexibility index (Phi) is 6.22. The summed E-state index contributed by atoms with van der Waals surface area (Å²) in [6.45, 7) is 6.24. The highest BCUT2D eigenvalue weighted by Crippen LogP contribution is 2.19. The third-order valence-corrected chi connectivity index (χ3v) is 4.21. The minimum absolute atomic E-state index is 0. The molecule has 2 saturated heterocycles. The first kappa shape index (κ1) is 15.6. The van der Waals surface area contributed by atoms with Crippen LogP contribution in [0.5, 0.6) is 0 Å². The molecule has 0 radical (unpaired) electrons. The van der Waals surface area contributed by atoms with Crippen molar-refractivity contribution >= 4 is 18.4 Å². The van der Waals surface area contributed by atoms with Crippen molar-refractivity contribution in [2.75, 3.05) is 33.2 Å². The maximum absolute atomic E-state index is 12.3. The predicted molar refractivity (Wildman–Crippen MR) is 76.3 cm³/mol. The molecule has 2 rings (SSSR count). The highest BCUT2D eigenvalue weighted by Gasteiger charge is 2.27. The summed E-state index contributed by atoms with van der Waals surface area (Å²) in [7, 11) is 1.97. The lowest BCUT2D eigenvalue weighted by molar-refractivity contribution is 0.121. The van der Waals surface area contributed by atoms with Crippen LogP contribution in [0.2, 0.25) is 0 Å². The van der Waals surface area contributed by atoms with Gasteiger partial charge in [0.25, 0.3) is 0 Å². The predicted octanol–water partition coefficient (Wildman–Crippen LogP) is 1.94. The summed E-state index contributed by atoms with van der Waals surface area (Å²) in [5.41, 5.74) is 0. The second-order valence-corrected chi connectivity index (χ2v) is 5.54. The third kappa shape index (κ3) is 3.75. The Morgan fingerprint density at radius 2 is 1.72 bits per heavy atom. The lowest BCUT2D eigenvalue weighted by Gasteiger charge is -2.38. The number of piperidine rings is 2. The molecule has 1 N–H and O–H groups in total. The van der Waals surface area contributed by atoms with Crippen LogP contribution in [0.1, 0.15) is 32.6 Å². The maximum Gasteiger partial charge on any atom is 0.319 e. The Labute approximate surface area is 116 Å². The zero-order chi connectivity index (χ0) is 12.3. The molecule has 2 aliphatic rings. The van der Waals surface area contributed by atoms with Crippen LogP contribution in [0, 0.1) is 5.92 Å². The van der Waals surface area contributed by atoms with Crippen molar-refractivity contribution < 1.29 is 4.79 Å². The van der Waals surface area contributed by atoms with Gasteiger partial charge in [0, 0.05) is 26.2 Å². The van der Waals surface area contributed by atoms with E-state index in [0.717, 1.165) is 57.8 Å². The Balaban J connectivity index is 0.00000162. The van der Waals surface area contributed by atoms with E-state index >= 15 is 0 Å². The van der Waals surface area contributed by atoms with Gasteiger partial charge < -0.3 is 15.1 Å². The van der Waals surface area contributed by atoms with Crippen LogP contribution in [-0.2, 0) is 0 Å². The summed E-state index contributed by atoms with van der Waals surface area (Å²) >= 11 is 0. The summed E-state index contributed by atoms with van der Waals surface area (Å²) in [4.78, 5) is 16.3. The SMILES string of the molecule is CC1CCN(C(=O)N(C)C2CCNCC2)CC1.Cl. The molecule has 0 saturated carbocycles. The smallest absolute Gasteiger partial charge is 0.319 e. The van der Waals surface area contributed by atoms with Gasteiger partial charge in [0.15, 0.2) is 0 Å². The fourth-order valence-electron chi connectivity index (χ4n) is 2.77. The van der Waals surface area contributed by atoms with Crippen molar-refractivity contribution in [2.24, 2.45) is 5.92 Å². The zero-order valence-corrected chi connectivity index (χ0v) is 12.3. The van der Waals surface area contributed by atoms with Crippen LogP contribution in [0.3, 0.4) is 0 Å². The zero-order valence-electron chi connectivity index (χ0n) is 11.5. The number of carbonyl (C=O) groups excluding carboxylic acids is 1. The van der Waals surface area contributed by atoms with Gasteiger partial charge in [0.05, 0.1) is 0 Å². The first-order valence-corrected chi connectivity index (χ1v) is 6.91. The Bertz CT molecular complexity index is 261. The van der Waals surface area contributed by atoms with E-state index in [1.165, 1.54) is 0 Å². The minimum atomic E-state index is 0. The lowest BCUT2D eigenvalue weighted by atomic mass is 9.99. The second-order valence-electron chi connectivity index (χ2n) is 5.54. The summed E-state index contributed by atoms with van der Waals surface area (Å²) in [6, 6.07) is 0.673. The number of hydrogen-bond donors (Lipinski definition) is 1. The van der Waals surface area contributed by atoms with Crippen molar-refractivity contribution in [2.45, 2.75) is 38.6 Å². The van der Waals surface area contributed by atoms with Gasteiger partial charge in [-0.2, -0.15) is 0 Å². The number of nitrogens with one attached hydrogen (secondary N) is 1. The van der Waals surface area contributed by atoms with E-state index in [9.17, 15) is 4.79 Å². The molecule has 0 bridgehead atoms. The van der Waals surface area contributed by atoms with Gasteiger partial charge in [-0.05, 0) is 44.7 Å². The average Bonchev–Trinajstić information content (AvgIpc) is 2.39. The van der Waals surface area contributed by atoms with E-state index in [4.69, 9.17) is 0 Å². The van der Waals surface area contributed by atoms with Gasteiger partial charge in [-0.25, -0.2) is 4.79 Å². The molecular formula is C13H26ClN3O. The van der Waals surface area contributed by atoms with Crippen LogP contribution >= 0.6 is 12.4 Å². The van der Waals surface area contributed by atoms with Crippen molar-refractivity contribution in [3.05, 3.63) is 0 Å². The number of urea groups is 1. The summed E-state index contributed by atoms with van der Waals surface area (Å²) in [5.74, 6) is 0.781. The Morgan fingerprint density at radius 1 is 1.17 bits per heavy atom. The normalized spacial score (nSPS) is 22.4. The molecular weight excluding hydrogens is 250 g/mol. The molecule has 0 aliphatic carbocycles. The highest BCUT2D eigenvalue weighted by atomic mass is 35.5. The first-order chi connectivity index (χ1) is 8.18. The number of rotatable bonds is 1. The molecule has 4 nitrogen and oxygen atoms in total. The fourth-order valence-corrected chi connectivity index (χ4v) is 2.77. The molecule has 0 unspecified atom stereocenters. The molecule has 0 aromatic carbocycles. The van der Waals surface area contributed by atoms with Gasteiger partial charge in [-0.1, -0.05) is 6.92 Å². The van der Waals surface area contributed by atoms with Gasteiger partial charge in [-0.3, -0.25) is 0 Å². The Hall–Kier alpha value is -0.480. The molecule has 2 fully saturated rings. The fraction of sp³-hybridized carbons (Fsp3) is 0.923. The van der Waals surface area contributed by atoms with Crippen molar-refractivity contribution in [1.29, 1.82) is 0 Å². The number of likely N-dealkylation sites (tertiary alicyclic amines) is 1. The Morgan fingerprint density at radius 3 is 2.28 bits per heavy atom. The van der Waals surface area contributed by atoms with Gasteiger partial charge in [0.2, 0.25) is 0 Å². The number of amides is 2. The summed E-state index contributed by atoms with van der Waals surface area (Å²) in [5, 5.41) is 3.34. The van der Waals surface area contributed by atoms with Crippen LogP contribution in [0.4, 0.5) is 4.79 Å². The molecule has 0 atom stereocenters. The minimum Gasteiger partial charge on any atom is -0.325 e. The van der Waals surface area contributed by atoms with E-state index in [-0.39, 0.29) is 18.4 Å². The molecule has 2 aliphatic heterocycles. The third-order valence-electron chi connectivity index (χ3n) is 4.21. The van der Waals surface area contributed by atoms with Gasteiger partial charge in [-0.15, -0.1) is 12.4 Å². The van der Waals surface area contributed by atoms with Crippen molar-refractivity contribution in [1.82, 2.24) is 15.1 Å². The van der Waals surface area contributed by atoms with E-state index in [0.29, 0.717) is 6.04 Å². The first-order valence-electron chi connectivity index (χ1n) is 6.91.